The fourth-order valence-corrected chi connectivity index (χ4v) is 5.51. The van der Waals surface area contributed by atoms with Crippen LogP contribution in [-0.2, 0) is 12.8 Å². The minimum Gasteiger partial charge on any atom is -0.206 e. The van der Waals surface area contributed by atoms with Crippen LogP contribution in [0.5, 0.6) is 0 Å². The Kier molecular flexibility index (Phi) is 7.23. The highest BCUT2D eigenvalue weighted by atomic mass is 19.2. The van der Waals surface area contributed by atoms with Crippen LogP contribution < -0.4 is 0 Å². The number of unbranched alkanes of at least 4 members (excludes halogenated alkanes) is 1. The van der Waals surface area contributed by atoms with Gasteiger partial charge in [0.15, 0.2) is 17.5 Å². The van der Waals surface area contributed by atoms with Crippen LogP contribution in [0.4, 0.5) is 17.6 Å². The highest BCUT2D eigenvalue weighted by molar-refractivity contribution is 5.47. The Morgan fingerprint density at radius 2 is 1.50 bits per heavy atom. The van der Waals surface area contributed by atoms with Crippen molar-refractivity contribution in [3.63, 3.8) is 0 Å². The maximum Gasteiger partial charge on any atom is 0.194 e. The van der Waals surface area contributed by atoms with Gasteiger partial charge in [-0.05, 0) is 85.3 Å². The molecule has 0 bridgehead atoms. The Labute approximate surface area is 188 Å². The molecule has 170 valence electrons. The van der Waals surface area contributed by atoms with E-state index < -0.39 is 23.3 Å². The van der Waals surface area contributed by atoms with Crippen LogP contribution in [0.15, 0.2) is 24.3 Å². The first-order valence-corrected chi connectivity index (χ1v) is 11.9. The van der Waals surface area contributed by atoms with Crippen molar-refractivity contribution in [2.45, 2.75) is 71.1 Å². The van der Waals surface area contributed by atoms with Crippen LogP contribution in [0.2, 0.25) is 0 Å². The molecule has 0 nitrogen and oxygen atoms in total. The molecule has 2 aliphatic rings. The van der Waals surface area contributed by atoms with Gasteiger partial charge in [0, 0.05) is 5.56 Å². The number of aryl methyl sites for hydroxylation is 1. The van der Waals surface area contributed by atoms with Gasteiger partial charge >= 0.3 is 0 Å². The second-order valence-corrected chi connectivity index (χ2v) is 9.53. The molecule has 4 heteroatoms. The summed E-state index contributed by atoms with van der Waals surface area (Å²) in [6.45, 7) is 2.25. The van der Waals surface area contributed by atoms with Gasteiger partial charge in [-0.1, -0.05) is 50.9 Å². The minimum absolute atomic E-state index is 0.0203. The van der Waals surface area contributed by atoms with Crippen molar-refractivity contribution in [2.75, 3.05) is 0 Å². The van der Waals surface area contributed by atoms with Crippen LogP contribution in [0.3, 0.4) is 0 Å². The molecule has 0 radical (unpaired) electrons. The fourth-order valence-electron chi connectivity index (χ4n) is 5.51. The summed E-state index contributed by atoms with van der Waals surface area (Å²) in [7, 11) is 0. The molecule has 1 unspecified atom stereocenters. The second-order valence-electron chi connectivity index (χ2n) is 9.53. The molecule has 0 aliphatic heterocycles. The van der Waals surface area contributed by atoms with Crippen molar-refractivity contribution in [1.29, 1.82) is 0 Å². The van der Waals surface area contributed by atoms with Gasteiger partial charge in [0.05, 0.1) is 5.56 Å². The van der Waals surface area contributed by atoms with Gasteiger partial charge in [0.25, 0.3) is 0 Å². The van der Waals surface area contributed by atoms with Crippen LogP contribution in [0.1, 0.15) is 80.5 Å². The molecule has 1 saturated carbocycles. The summed E-state index contributed by atoms with van der Waals surface area (Å²) in [4.78, 5) is 0. The van der Waals surface area contributed by atoms with E-state index in [0.29, 0.717) is 5.92 Å². The standard InChI is InChI=1S/C28H30F4/c1-2-3-4-18-5-8-20(9-6-18)21-11-12-22-15-23(25(29)17-24(22)16-21)10-7-19-13-26(30)28(32)27(31)14-19/h13-15,17-18,20-21H,2-6,8-9,11-12,16H2,1H3. The SMILES string of the molecule is CCCCC1CCC(C2CCc3cc(C#Cc4cc(F)c(F)c(F)c4)c(F)cc3C2)CC1. The summed E-state index contributed by atoms with van der Waals surface area (Å²) >= 11 is 0. The first kappa shape index (κ1) is 22.9. The summed E-state index contributed by atoms with van der Waals surface area (Å²) in [5.41, 5.74) is 2.37. The molecule has 0 saturated heterocycles. The molecule has 0 heterocycles. The molecule has 2 aromatic carbocycles. The van der Waals surface area contributed by atoms with Crippen molar-refractivity contribution in [3.05, 3.63) is 69.8 Å². The summed E-state index contributed by atoms with van der Waals surface area (Å²) in [5.74, 6) is 2.94. The Morgan fingerprint density at radius 3 is 2.19 bits per heavy atom. The van der Waals surface area contributed by atoms with Crippen molar-refractivity contribution >= 4 is 0 Å². The lowest BCUT2D eigenvalue weighted by Gasteiger charge is -2.36. The van der Waals surface area contributed by atoms with Gasteiger partial charge < -0.3 is 0 Å². The Balaban J connectivity index is 1.44. The third-order valence-electron chi connectivity index (χ3n) is 7.41. The minimum atomic E-state index is -1.53. The second kappa shape index (κ2) is 10.1. The average Bonchev–Trinajstić information content (AvgIpc) is 2.79. The van der Waals surface area contributed by atoms with E-state index in [1.54, 1.807) is 12.1 Å². The summed E-state index contributed by atoms with van der Waals surface area (Å²) < 4.78 is 54.6. The molecule has 0 spiro atoms. The molecule has 1 atom stereocenters. The number of benzene rings is 2. The molecular formula is C28H30F4. The van der Waals surface area contributed by atoms with E-state index in [1.165, 1.54) is 44.9 Å². The van der Waals surface area contributed by atoms with Crippen LogP contribution in [0, 0.1) is 52.9 Å². The van der Waals surface area contributed by atoms with E-state index in [9.17, 15) is 17.6 Å². The average molecular weight is 443 g/mol. The Bertz CT molecular complexity index is 999. The van der Waals surface area contributed by atoms with Crippen LogP contribution >= 0.6 is 0 Å². The van der Waals surface area contributed by atoms with Gasteiger partial charge in [0.1, 0.15) is 5.82 Å². The molecule has 0 N–H and O–H groups in total. The smallest absolute Gasteiger partial charge is 0.194 e. The van der Waals surface area contributed by atoms with E-state index in [0.717, 1.165) is 54.4 Å². The van der Waals surface area contributed by atoms with Gasteiger partial charge in [-0.2, -0.15) is 0 Å². The monoisotopic (exact) mass is 442 g/mol. The van der Waals surface area contributed by atoms with E-state index in [1.807, 2.05) is 0 Å². The van der Waals surface area contributed by atoms with Gasteiger partial charge in [-0.25, -0.2) is 17.6 Å². The Hall–Kier alpha value is -2.28. The van der Waals surface area contributed by atoms with E-state index in [2.05, 4.69) is 18.8 Å². The molecule has 2 aliphatic carbocycles. The van der Waals surface area contributed by atoms with Crippen molar-refractivity contribution < 1.29 is 17.6 Å². The predicted octanol–water partition coefficient (Wildman–Crippen LogP) is 7.74. The van der Waals surface area contributed by atoms with Gasteiger partial charge in [-0.15, -0.1) is 0 Å². The van der Waals surface area contributed by atoms with Crippen LogP contribution in [-0.4, -0.2) is 0 Å². The van der Waals surface area contributed by atoms with Crippen molar-refractivity contribution in [3.8, 4) is 11.8 Å². The van der Waals surface area contributed by atoms with Gasteiger partial charge in [-0.3, -0.25) is 0 Å². The lowest BCUT2D eigenvalue weighted by molar-refractivity contribution is 0.183. The number of fused-ring (bicyclic) bond motifs is 1. The quantitative estimate of drug-likeness (QED) is 0.258. The summed E-state index contributed by atoms with van der Waals surface area (Å²) in [6, 6.07) is 5.00. The van der Waals surface area contributed by atoms with E-state index in [-0.39, 0.29) is 11.1 Å². The molecule has 32 heavy (non-hydrogen) atoms. The first-order chi connectivity index (χ1) is 15.4. The maximum atomic E-state index is 14.7. The van der Waals surface area contributed by atoms with Crippen LogP contribution in [0.25, 0.3) is 0 Å². The fraction of sp³-hybridized carbons (Fsp3) is 0.500. The molecule has 2 aromatic rings. The van der Waals surface area contributed by atoms with Crippen molar-refractivity contribution in [2.24, 2.45) is 17.8 Å². The third kappa shape index (κ3) is 5.20. The number of halogens is 4. The molecule has 1 fully saturated rings. The molecule has 4 rings (SSSR count). The largest absolute Gasteiger partial charge is 0.206 e. The highest BCUT2D eigenvalue weighted by Crippen LogP contribution is 2.41. The Morgan fingerprint density at radius 1 is 0.781 bits per heavy atom. The summed E-state index contributed by atoms with van der Waals surface area (Å²) in [6.07, 6.45) is 12.2. The summed E-state index contributed by atoms with van der Waals surface area (Å²) in [5, 5.41) is 0. The topological polar surface area (TPSA) is 0 Å². The number of hydrogen-bond donors (Lipinski definition) is 0. The normalized spacial score (nSPS) is 22.7. The molecule has 0 amide bonds. The lowest BCUT2D eigenvalue weighted by Crippen LogP contribution is -2.26. The highest BCUT2D eigenvalue weighted by Gasteiger charge is 2.30. The van der Waals surface area contributed by atoms with Gasteiger partial charge in [0.2, 0.25) is 0 Å². The number of rotatable bonds is 4. The zero-order valence-electron chi connectivity index (χ0n) is 18.6. The maximum absolute atomic E-state index is 14.7. The first-order valence-electron chi connectivity index (χ1n) is 11.9. The third-order valence-corrected chi connectivity index (χ3v) is 7.41. The lowest BCUT2D eigenvalue weighted by atomic mass is 9.69. The predicted molar refractivity (Wildman–Crippen MR) is 119 cm³/mol. The van der Waals surface area contributed by atoms with E-state index >= 15 is 0 Å². The zero-order chi connectivity index (χ0) is 22.7. The zero-order valence-corrected chi connectivity index (χ0v) is 18.6. The molecular weight excluding hydrogens is 412 g/mol. The van der Waals surface area contributed by atoms with E-state index in [4.69, 9.17) is 0 Å². The number of hydrogen-bond acceptors (Lipinski definition) is 0. The van der Waals surface area contributed by atoms with Crippen molar-refractivity contribution in [1.82, 2.24) is 0 Å². The molecule has 0 aromatic heterocycles.